The number of para-hydroxylation sites is 1. The van der Waals surface area contributed by atoms with Crippen LogP contribution < -0.4 is 4.72 Å². The quantitative estimate of drug-likeness (QED) is 0.798. The monoisotopic (exact) mass is 375 g/mol. The molecule has 0 spiro atoms. The Morgan fingerprint density at radius 3 is 2.60 bits per heavy atom. The number of nitrogens with one attached hydrogen (secondary N) is 1. The first-order chi connectivity index (χ1) is 9.31. The van der Waals surface area contributed by atoms with Crippen LogP contribution in [0.2, 0.25) is 5.02 Å². The van der Waals surface area contributed by atoms with Crippen molar-refractivity contribution in [3.63, 3.8) is 0 Å². The average molecular weight is 377 g/mol. The largest absolute Gasteiger partial charge is 0.505 e. The zero-order chi connectivity index (χ0) is 14.9. The van der Waals surface area contributed by atoms with Crippen LogP contribution in [0, 0.1) is 6.92 Å². The lowest BCUT2D eigenvalue weighted by Crippen LogP contribution is -2.13. The Kier molecular flexibility index (Phi) is 4.27. The molecule has 106 valence electrons. The summed E-state index contributed by atoms with van der Waals surface area (Å²) in [5.41, 5.74) is 0.691. The van der Waals surface area contributed by atoms with Gasteiger partial charge < -0.3 is 5.11 Å². The first-order valence-corrected chi connectivity index (χ1v) is 8.23. The number of rotatable bonds is 3. The highest BCUT2D eigenvalue weighted by molar-refractivity contribution is 9.10. The zero-order valence-corrected chi connectivity index (χ0v) is 13.6. The Labute approximate surface area is 130 Å². The third-order valence-corrected chi connectivity index (χ3v) is 5.01. The van der Waals surface area contributed by atoms with Gasteiger partial charge in [0.1, 0.15) is 10.6 Å². The first kappa shape index (κ1) is 15.2. The van der Waals surface area contributed by atoms with E-state index in [4.69, 9.17) is 11.6 Å². The van der Waals surface area contributed by atoms with Crippen LogP contribution in [0.4, 0.5) is 5.69 Å². The number of halogens is 2. The lowest BCUT2D eigenvalue weighted by molar-refractivity contribution is 0.473. The lowest BCUT2D eigenvalue weighted by Gasteiger charge is -2.12. The molecule has 2 N–H and O–H groups in total. The summed E-state index contributed by atoms with van der Waals surface area (Å²) in [6, 6.07) is 9.27. The number of anilines is 1. The number of phenolic OH excluding ortho intramolecular Hbond substituents is 1. The van der Waals surface area contributed by atoms with Crippen LogP contribution in [0.3, 0.4) is 0 Å². The van der Waals surface area contributed by atoms with Crippen molar-refractivity contribution < 1.29 is 13.5 Å². The van der Waals surface area contributed by atoms with Crippen molar-refractivity contribution in [1.29, 1.82) is 0 Å². The number of hydrogen-bond acceptors (Lipinski definition) is 3. The van der Waals surface area contributed by atoms with Crippen LogP contribution in [-0.4, -0.2) is 13.5 Å². The maximum Gasteiger partial charge on any atom is 0.263 e. The van der Waals surface area contributed by atoms with E-state index in [0.717, 1.165) is 0 Å². The van der Waals surface area contributed by atoms with Crippen LogP contribution in [0.25, 0.3) is 0 Å². The van der Waals surface area contributed by atoms with E-state index in [2.05, 4.69) is 20.7 Å². The van der Waals surface area contributed by atoms with Gasteiger partial charge in [0.2, 0.25) is 0 Å². The van der Waals surface area contributed by atoms with Gasteiger partial charge in [0.25, 0.3) is 10.0 Å². The van der Waals surface area contributed by atoms with Crippen LogP contribution >= 0.6 is 27.5 Å². The highest BCUT2D eigenvalue weighted by Crippen LogP contribution is 2.31. The van der Waals surface area contributed by atoms with Crippen molar-refractivity contribution in [3.05, 3.63) is 51.5 Å². The molecule has 0 amide bonds. The van der Waals surface area contributed by atoms with Crippen LogP contribution in [0.5, 0.6) is 5.75 Å². The standard InChI is InChI=1S/C13H11BrClNO3S/c1-8-3-2-4-11(13(8)17)16-20(18,19)12-6-5-9(14)7-10(12)15/h2-7,16-17H,1H3. The second-order valence-corrected chi connectivity index (χ2v) is 7.13. The molecule has 0 aromatic heterocycles. The summed E-state index contributed by atoms with van der Waals surface area (Å²) in [5, 5.41) is 9.95. The fourth-order valence-corrected chi connectivity index (χ4v) is 3.74. The molecule has 0 saturated heterocycles. The molecule has 20 heavy (non-hydrogen) atoms. The van der Waals surface area contributed by atoms with Gasteiger partial charge in [-0.3, -0.25) is 4.72 Å². The predicted octanol–water partition coefficient (Wildman–Crippen LogP) is 3.92. The van der Waals surface area contributed by atoms with Crippen molar-refractivity contribution in [1.82, 2.24) is 0 Å². The third kappa shape index (κ3) is 3.08. The predicted molar refractivity (Wildman–Crippen MR) is 82.8 cm³/mol. The SMILES string of the molecule is Cc1cccc(NS(=O)(=O)c2ccc(Br)cc2Cl)c1O. The molecule has 4 nitrogen and oxygen atoms in total. The number of phenols is 1. The topological polar surface area (TPSA) is 66.4 Å². The van der Waals surface area contributed by atoms with Gasteiger partial charge in [-0.2, -0.15) is 0 Å². The average Bonchev–Trinajstić information content (AvgIpc) is 2.34. The van der Waals surface area contributed by atoms with Crippen LogP contribution in [-0.2, 0) is 10.0 Å². The Morgan fingerprint density at radius 2 is 1.95 bits per heavy atom. The zero-order valence-electron chi connectivity index (χ0n) is 10.4. The molecule has 0 aliphatic carbocycles. The molecule has 0 fully saturated rings. The molecule has 7 heteroatoms. The van der Waals surface area contributed by atoms with Gasteiger partial charge >= 0.3 is 0 Å². The summed E-state index contributed by atoms with van der Waals surface area (Å²) >= 11 is 9.15. The Bertz CT molecular complexity index is 762. The number of benzene rings is 2. The highest BCUT2D eigenvalue weighted by Gasteiger charge is 2.19. The van der Waals surface area contributed by atoms with E-state index >= 15 is 0 Å². The summed E-state index contributed by atoms with van der Waals surface area (Å²) in [5.74, 6) is -0.107. The molecule has 0 aliphatic heterocycles. The normalized spacial score (nSPS) is 11.3. The molecule has 2 aromatic rings. The van der Waals surface area contributed by atoms with Crippen molar-refractivity contribution in [2.45, 2.75) is 11.8 Å². The van der Waals surface area contributed by atoms with Crippen LogP contribution in [0.1, 0.15) is 5.56 Å². The molecule has 0 unspecified atom stereocenters. The molecular formula is C13H11BrClNO3S. The van der Waals surface area contributed by atoms with E-state index < -0.39 is 10.0 Å². The van der Waals surface area contributed by atoms with Crippen molar-refractivity contribution >= 4 is 43.2 Å². The van der Waals surface area contributed by atoms with Crippen LogP contribution in [0.15, 0.2) is 45.8 Å². The van der Waals surface area contributed by atoms with Gasteiger partial charge in [0, 0.05) is 4.47 Å². The smallest absolute Gasteiger partial charge is 0.263 e. The third-order valence-electron chi connectivity index (χ3n) is 2.67. The second kappa shape index (κ2) is 5.63. The molecule has 2 aromatic carbocycles. The van der Waals surface area contributed by atoms with Gasteiger partial charge in [-0.25, -0.2) is 8.42 Å². The summed E-state index contributed by atoms with van der Waals surface area (Å²) in [6.07, 6.45) is 0. The molecule has 0 heterocycles. The lowest BCUT2D eigenvalue weighted by atomic mass is 10.2. The summed E-state index contributed by atoms with van der Waals surface area (Å²) in [4.78, 5) is -0.0525. The molecule has 0 saturated carbocycles. The maximum atomic E-state index is 12.3. The minimum absolute atomic E-state index is 0.0525. The number of aromatic hydroxyl groups is 1. The minimum atomic E-state index is -3.86. The number of hydrogen-bond donors (Lipinski definition) is 2. The fourth-order valence-electron chi connectivity index (χ4n) is 1.63. The molecule has 0 atom stereocenters. The second-order valence-electron chi connectivity index (χ2n) is 4.15. The van der Waals surface area contributed by atoms with E-state index in [9.17, 15) is 13.5 Å². The number of sulfonamides is 1. The van der Waals surface area contributed by atoms with Crippen molar-refractivity contribution in [2.75, 3.05) is 4.72 Å². The van der Waals surface area contributed by atoms with E-state index in [0.29, 0.717) is 10.0 Å². The molecule has 2 rings (SSSR count). The van der Waals surface area contributed by atoms with Gasteiger partial charge in [-0.05, 0) is 36.8 Å². The van der Waals surface area contributed by atoms with E-state index in [1.807, 2.05) is 0 Å². The highest BCUT2D eigenvalue weighted by atomic mass is 79.9. The Morgan fingerprint density at radius 1 is 1.25 bits per heavy atom. The number of aryl methyl sites for hydroxylation is 1. The van der Waals surface area contributed by atoms with Gasteiger partial charge in [-0.15, -0.1) is 0 Å². The summed E-state index contributed by atoms with van der Waals surface area (Å²) < 4.78 is 27.6. The summed E-state index contributed by atoms with van der Waals surface area (Å²) in [7, 11) is -3.86. The fraction of sp³-hybridized carbons (Fsp3) is 0.0769. The van der Waals surface area contributed by atoms with Gasteiger partial charge in [0.05, 0.1) is 10.7 Å². The molecular weight excluding hydrogens is 366 g/mol. The summed E-state index contributed by atoms with van der Waals surface area (Å²) in [6.45, 7) is 1.68. The van der Waals surface area contributed by atoms with E-state index in [1.54, 1.807) is 25.1 Å². The minimum Gasteiger partial charge on any atom is -0.505 e. The molecule has 0 aliphatic rings. The van der Waals surface area contributed by atoms with Crippen molar-refractivity contribution in [3.8, 4) is 5.75 Å². The Hall–Kier alpha value is -1.24. The van der Waals surface area contributed by atoms with E-state index in [1.165, 1.54) is 18.2 Å². The Balaban J connectivity index is 2.44. The first-order valence-electron chi connectivity index (χ1n) is 5.58. The van der Waals surface area contributed by atoms with E-state index in [-0.39, 0.29) is 21.4 Å². The van der Waals surface area contributed by atoms with Gasteiger partial charge in [-0.1, -0.05) is 39.7 Å². The molecule has 0 bridgehead atoms. The maximum absolute atomic E-state index is 12.3. The molecule has 0 radical (unpaired) electrons. The van der Waals surface area contributed by atoms with Gasteiger partial charge in [0.15, 0.2) is 0 Å². The van der Waals surface area contributed by atoms with Crippen molar-refractivity contribution in [2.24, 2.45) is 0 Å².